The van der Waals surface area contributed by atoms with E-state index in [2.05, 4.69) is 11.1 Å². The molecular formula is C10H11ClN2. The molecule has 3 heteroatoms. The maximum Gasteiger partial charge on any atom is 0.0659 e. The number of aromatic amines is 1. The van der Waals surface area contributed by atoms with Crippen molar-refractivity contribution in [3.63, 3.8) is 0 Å². The van der Waals surface area contributed by atoms with Crippen LogP contribution >= 0.6 is 11.6 Å². The third-order valence-electron chi connectivity index (χ3n) is 2.16. The highest BCUT2D eigenvalue weighted by molar-refractivity contribution is 6.35. The third-order valence-corrected chi connectivity index (χ3v) is 2.48. The van der Waals surface area contributed by atoms with Gasteiger partial charge in [-0.25, -0.2) is 0 Å². The third kappa shape index (κ3) is 1.43. The normalized spacial score (nSPS) is 10.9. The van der Waals surface area contributed by atoms with E-state index in [4.69, 9.17) is 17.3 Å². The molecule has 2 rings (SSSR count). The van der Waals surface area contributed by atoms with E-state index < -0.39 is 0 Å². The maximum atomic E-state index is 5.98. The second-order valence-corrected chi connectivity index (χ2v) is 3.42. The van der Waals surface area contributed by atoms with E-state index in [0.29, 0.717) is 6.54 Å². The Morgan fingerprint density at radius 2 is 2.23 bits per heavy atom. The van der Waals surface area contributed by atoms with Crippen molar-refractivity contribution in [3.8, 4) is 0 Å². The highest BCUT2D eigenvalue weighted by atomic mass is 35.5. The van der Waals surface area contributed by atoms with Crippen molar-refractivity contribution in [2.24, 2.45) is 5.73 Å². The number of H-pyrrole nitrogens is 1. The van der Waals surface area contributed by atoms with Crippen LogP contribution in [0.15, 0.2) is 24.4 Å². The second kappa shape index (κ2) is 3.40. The van der Waals surface area contributed by atoms with E-state index in [1.54, 1.807) is 0 Å². The number of hydrogen-bond donors (Lipinski definition) is 2. The van der Waals surface area contributed by atoms with Crippen LogP contribution < -0.4 is 5.73 Å². The minimum atomic E-state index is 0.662. The smallest absolute Gasteiger partial charge is 0.0659 e. The lowest BCUT2D eigenvalue weighted by Gasteiger charge is -2.00. The first-order valence-electron chi connectivity index (χ1n) is 4.27. The Morgan fingerprint density at radius 3 is 3.00 bits per heavy atom. The molecule has 0 unspecified atom stereocenters. The molecule has 0 atom stereocenters. The summed E-state index contributed by atoms with van der Waals surface area (Å²) in [6.45, 7) is 0.662. The number of aromatic nitrogens is 1. The molecule has 1 heterocycles. The van der Waals surface area contributed by atoms with Gasteiger partial charge in [-0.15, -0.1) is 0 Å². The number of nitrogens with two attached hydrogens (primary N) is 1. The van der Waals surface area contributed by atoms with Crippen LogP contribution in [-0.2, 0) is 6.42 Å². The van der Waals surface area contributed by atoms with Gasteiger partial charge in [0, 0.05) is 11.6 Å². The van der Waals surface area contributed by atoms with E-state index >= 15 is 0 Å². The Bertz CT molecular complexity index is 420. The molecule has 0 spiro atoms. The predicted molar refractivity (Wildman–Crippen MR) is 56.1 cm³/mol. The van der Waals surface area contributed by atoms with Crippen LogP contribution in [0, 0.1) is 0 Å². The van der Waals surface area contributed by atoms with Gasteiger partial charge >= 0.3 is 0 Å². The van der Waals surface area contributed by atoms with Crippen LogP contribution in [0.2, 0.25) is 5.02 Å². The number of nitrogens with one attached hydrogen (secondary N) is 1. The molecule has 0 aliphatic rings. The molecule has 1 aromatic carbocycles. The van der Waals surface area contributed by atoms with Gasteiger partial charge in [-0.3, -0.25) is 0 Å². The van der Waals surface area contributed by atoms with Crippen molar-refractivity contribution >= 4 is 22.5 Å². The van der Waals surface area contributed by atoms with Crippen molar-refractivity contribution in [2.45, 2.75) is 6.42 Å². The molecule has 1 aromatic heterocycles. The van der Waals surface area contributed by atoms with Gasteiger partial charge in [-0.05, 0) is 18.5 Å². The van der Waals surface area contributed by atoms with Crippen LogP contribution in [-0.4, -0.2) is 11.5 Å². The first-order chi connectivity index (χ1) is 6.33. The van der Waals surface area contributed by atoms with Crippen molar-refractivity contribution in [2.75, 3.05) is 6.54 Å². The summed E-state index contributed by atoms with van der Waals surface area (Å²) >= 11 is 5.98. The minimum absolute atomic E-state index is 0.662. The lowest BCUT2D eigenvalue weighted by atomic mass is 10.1. The molecule has 0 aliphatic heterocycles. The standard InChI is InChI=1S/C10H11ClN2/c11-9-6-13-10-7(4-5-12)2-1-3-8(9)10/h1-3,6,13H,4-5,12H2. The summed E-state index contributed by atoms with van der Waals surface area (Å²) in [5, 5.41) is 1.85. The molecule has 68 valence electrons. The maximum absolute atomic E-state index is 5.98. The summed E-state index contributed by atoms with van der Waals surface area (Å²) in [6, 6.07) is 6.09. The monoisotopic (exact) mass is 194 g/mol. The molecule has 0 fully saturated rings. The van der Waals surface area contributed by atoms with Gasteiger partial charge < -0.3 is 10.7 Å². The fraction of sp³-hybridized carbons (Fsp3) is 0.200. The summed E-state index contributed by atoms with van der Waals surface area (Å²) in [7, 11) is 0. The Kier molecular flexibility index (Phi) is 2.25. The van der Waals surface area contributed by atoms with E-state index in [0.717, 1.165) is 22.3 Å². The lowest BCUT2D eigenvalue weighted by Crippen LogP contribution is -2.02. The molecule has 0 radical (unpaired) electrons. The molecule has 0 aliphatic carbocycles. The zero-order valence-corrected chi connectivity index (χ0v) is 7.93. The summed E-state index contributed by atoms with van der Waals surface area (Å²) in [6.07, 6.45) is 2.69. The first kappa shape index (κ1) is 8.60. The minimum Gasteiger partial charge on any atom is -0.360 e. The first-order valence-corrected chi connectivity index (χ1v) is 4.65. The molecule has 13 heavy (non-hydrogen) atoms. The Morgan fingerprint density at radius 1 is 1.38 bits per heavy atom. The average Bonchev–Trinajstić information content (AvgIpc) is 2.50. The summed E-state index contributed by atoms with van der Waals surface area (Å²) in [4.78, 5) is 3.15. The van der Waals surface area contributed by atoms with Gasteiger partial charge in [-0.2, -0.15) is 0 Å². The van der Waals surface area contributed by atoms with Gasteiger partial charge in [0.2, 0.25) is 0 Å². The molecule has 0 saturated heterocycles. The van der Waals surface area contributed by atoms with Gasteiger partial charge in [0.25, 0.3) is 0 Å². The molecule has 2 nitrogen and oxygen atoms in total. The van der Waals surface area contributed by atoms with Crippen molar-refractivity contribution < 1.29 is 0 Å². The highest BCUT2D eigenvalue weighted by Crippen LogP contribution is 2.25. The molecule has 0 amide bonds. The summed E-state index contributed by atoms with van der Waals surface area (Å²) in [5.74, 6) is 0. The fourth-order valence-electron chi connectivity index (χ4n) is 1.55. The van der Waals surface area contributed by atoms with Gasteiger partial charge in [0.15, 0.2) is 0 Å². The summed E-state index contributed by atoms with van der Waals surface area (Å²) in [5.41, 5.74) is 7.85. The Labute approximate surface area is 81.7 Å². The average molecular weight is 195 g/mol. The fourth-order valence-corrected chi connectivity index (χ4v) is 1.76. The number of rotatable bonds is 2. The number of halogens is 1. The molecule has 2 aromatic rings. The molecule has 3 N–H and O–H groups in total. The lowest BCUT2D eigenvalue weighted by molar-refractivity contribution is 0.974. The summed E-state index contributed by atoms with van der Waals surface area (Å²) < 4.78 is 0. The van der Waals surface area contributed by atoms with Crippen molar-refractivity contribution in [3.05, 3.63) is 35.0 Å². The van der Waals surface area contributed by atoms with E-state index in [-0.39, 0.29) is 0 Å². The topological polar surface area (TPSA) is 41.8 Å². The van der Waals surface area contributed by atoms with Crippen LogP contribution in [0.4, 0.5) is 0 Å². The largest absolute Gasteiger partial charge is 0.360 e. The second-order valence-electron chi connectivity index (χ2n) is 3.01. The molecule has 0 bridgehead atoms. The Hall–Kier alpha value is -0.990. The van der Waals surface area contributed by atoms with Crippen LogP contribution in [0.1, 0.15) is 5.56 Å². The van der Waals surface area contributed by atoms with Crippen LogP contribution in [0.3, 0.4) is 0 Å². The SMILES string of the molecule is NCCc1cccc2c(Cl)c[nH]c12. The zero-order valence-electron chi connectivity index (χ0n) is 7.18. The van der Waals surface area contributed by atoms with Gasteiger partial charge in [0.1, 0.15) is 0 Å². The van der Waals surface area contributed by atoms with E-state index in [1.165, 1.54) is 5.56 Å². The van der Waals surface area contributed by atoms with Gasteiger partial charge in [0.05, 0.1) is 10.5 Å². The van der Waals surface area contributed by atoms with E-state index in [1.807, 2.05) is 18.3 Å². The number of para-hydroxylation sites is 1. The highest BCUT2D eigenvalue weighted by Gasteiger charge is 2.04. The molecular weight excluding hydrogens is 184 g/mol. The quantitative estimate of drug-likeness (QED) is 0.757. The Balaban J connectivity index is 2.63. The molecule has 0 saturated carbocycles. The van der Waals surface area contributed by atoms with Gasteiger partial charge in [-0.1, -0.05) is 29.8 Å². The van der Waals surface area contributed by atoms with E-state index in [9.17, 15) is 0 Å². The van der Waals surface area contributed by atoms with Crippen LogP contribution in [0.25, 0.3) is 10.9 Å². The zero-order chi connectivity index (χ0) is 9.26. The van der Waals surface area contributed by atoms with Crippen molar-refractivity contribution in [1.82, 2.24) is 4.98 Å². The number of fused-ring (bicyclic) bond motifs is 1. The van der Waals surface area contributed by atoms with Crippen LogP contribution in [0.5, 0.6) is 0 Å². The number of hydrogen-bond acceptors (Lipinski definition) is 1. The number of benzene rings is 1. The van der Waals surface area contributed by atoms with Crippen molar-refractivity contribution in [1.29, 1.82) is 0 Å². The predicted octanol–water partition coefficient (Wildman–Crippen LogP) is 2.32.